The van der Waals surface area contributed by atoms with Gasteiger partial charge in [-0.1, -0.05) is 5.16 Å². The van der Waals surface area contributed by atoms with Gasteiger partial charge in [0.2, 0.25) is 5.89 Å². The van der Waals surface area contributed by atoms with E-state index in [4.69, 9.17) is 5.11 Å². The summed E-state index contributed by atoms with van der Waals surface area (Å²) < 4.78 is 4.56. The lowest BCUT2D eigenvalue weighted by atomic mass is 10.1. The van der Waals surface area contributed by atoms with E-state index in [0.717, 1.165) is 6.92 Å². The van der Waals surface area contributed by atoms with Gasteiger partial charge < -0.3 is 20.1 Å². The third-order valence-corrected chi connectivity index (χ3v) is 1.78. The van der Waals surface area contributed by atoms with Crippen LogP contribution in [0.25, 0.3) is 0 Å². The summed E-state index contributed by atoms with van der Waals surface area (Å²) in [5.41, 5.74) is -2.03. The summed E-state index contributed by atoms with van der Waals surface area (Å²) >= 11 is 0. The van der Waals surface area contributed by atoms with Crippen LogP contribution in [0.5, 0.6) is 0 Å². The number of aryl methyl sites for hydroxylation is 1. The van der Waals surface area contributed by atoms with Crippen molar-refractivity contribution in [2.45, 2.75) is 19.4 Å². The highest BCUT2D eigenvalue weighted by Crippen LogP contribution is 2.01. The summed E-state index contributed by atoms with van der Waals surface area (Å²) in [5.74, 6) is -2.13. The van der Waals surface area contributed by atoms with Crippen LogP contribution in [0.3, 0.4) is 0 Å². The summed E-state index contributed by atoms with van der Waals surface area (Å²) in [6.07, 6.45) is 0. The standard InChI is InChI=1S/C8H11N3O5/c1-4-10-5(11-16-4)6(12)9-3-8(2,15)7(13)14/h15H,3H2,1-2H3,(H,9,12)(H,13,14). The maximum absolute atomic E-state index is 11.3. The number of carbonyl (C=O) groups is 2. The molecule has 0 saturated heterocycles. The lowest BCUT2D eigenvalue weighted by Gasteiger charge is -2.17. The molecule has 88 valence electrons. The average Bonchev–Trinajstić information content (AvgIpc) is 2.61. The predicted molar refractivity (Wildman–Crippen MR) is 49.6 cm³/mol. The van der Waals surface area contributed by atoms with Gasteiger partial charge >= 0.3 is 5.97 Å². The van der Waals surface area contributed by atoms with Crippen molar-refractivity contribution in [3.63, 3.8) is 0 Å². The first-order valence-corrected chi connectivity index (χ1v) is 4.37. The topological polar surface area (TPSA) is 126 Å². The van der Waals surface area contributed by atoms with E-state index in [2.05, 4.69) is 20.0 Å². The van der Waals surface area contributed by atoms with E-state index in [1.165, 1.54) is 6.92 Å². The number of carboxylic acids is 1. The van der Waals surface area contributed by atoms with Crippen molar-refractivity contribution >= 4 is 11.9 Å². The minimum absolute atomic E-state index is 0.210. The number of carbonyl (C=O) groups excluding carboxylic acids is 1. The number of rotatable bonds is 4. The molecule has 1 amide bonds. The number of aliphatic hydroxyl groups is 1. The van der Waals surface area contributed by atoms with Crippen molar-refractivity contribution in [1.29, 1.82) is 0 Å². The highest BCUT2D eigenvalue weighted by Gasteiger charge is 2.30. The first-order valence-electron chi connectivity index (χ1n) is 4.37. The largest absolute Gasteiger partial charge is 0.479 e. The molecular weight excluding hydrogens is 218 g/mol. The van der Waals surface area contributed by atoms with E-state index in [-0.39, 0.29) is 11.7 Å². The Morgan fingerprint density at radius 3 is 2.62 bits per heavy atom. The number of hydrogen-bond acceptors (Lipinski definition) is 6. The number of nitrogens with one attached hydrogen (secondary N) is 1. The molecule has 1 unspecified atom stereocenters. The third-order valence-electron chi connectivity index (χ3n) is 1.78. The Morgan fingerprint density at radius 1 is 1.56 bits per heavy atom. The normalized spacial score (nSPS) is 14.2. The summed E-state index contributed by atoms with van der Waals surface area (Å²) in [6, 6.07) is 0. The van der Waals surface area contributed by atoms with Crippen molar-refractivity contribution in [2.24, 2.45) is 0 Å². The molecular formula is C8H11N3O5. The highest BCUT2D eigenvalue weighted by molar-refractivity contribution is 5.90. The van der Waals surface area contributed by atoms with Crippen molar-refractivity contribution in [2.75, 3.05) is 6.54 Å². The molecule has 1 aromatic rings. The Balaban J connectivity index is 2.57. The van der Waals surface area contributed by atoms with Gasteiger partial charge in [-0.2, -0.15) is 4.98 Å². The van der Waals surface area contributed by atoms with E-state index in [9.17, 15) is 14.7 Å². The van der Waals surface area contributed by atoms with Crippen molar-refractivity contribution < 1.29 is 24.3 Å². The van der Waals surface area contributed by atoms with Gasteiger partial charge in [-0.15, -0.1) is 0 Å². The van der Waals surface area contributed by atoms with Gasteiger partial charge in [-0.25, -0.2) is 4.79 Å². The Morgan fingerprint density at radius 2 is 2.19 bits per heavy atom. The highest BCUT2D eigenvalue weighted by atomic mass is 16.5. The van der Waals surface area contributed by atoms with Gasteiger partial charge in [0.1, 0.15) is 0 Å². The zero-order valence-corrected chi connectivity index (χ0v) is 8.72. The van der Waals surface area contributed by atoms with Crippen LogP contribution in [0.4, 0.5) is 0 Å². The average molecular weight is 229 g/mol. The molecule has 0 bridgehead atoms. The van der Waals surface area contributed by atoms with E-state index < -0.39 is 24.0 Å². The Kier molecular flexibility index (Phi) is 3.23. The maximum atomic E-state index is 11.3. The number of carboxylic acid groups (broad SMARTS) is 1. The minimum Gasteiger partial charge on any atom is -0.479 e. The predicted octanol–water partition coefficient (Wildman–Crippen LogP) is -1.06. The van der Waals surface area contributed by atoms with Gasteiger partial charge in [-0.05, 0) is 6.92 Å². The van der Waals surface area contributed by atoms with Gasteiger partial charge in [0, 0.05) is 6.92 Å². The summed E-state index contributed by atoms with van der Waals surface area (Å²) in [7, 11) is 0. The third kappa shape index (κ3) is 2.76. The molecule has 1 aromatic heterocycles. The fraction of sp³-hybridized carbons (Fsp3) is 0.500. The molecule has 0 saturated carbocycles. The summed E-state index contributed by atoms with van der Waals surface area (Å²) in [4.78, 5) is 25.5. The lowest BCUT2D eigenvalue weighted by molar-refractivity contribution is -0.155. The second-order valence-electron chi connectivity index (χ2n) is 3.40. The molecule has 0 spiro atoms. The fourth-order valence-electron chi connectivity index (χ4n) is 0.799. The van der Waals surface area contributed by atoms with Crippen LogP contribution >= 0.6 is 0 Å². The van der Waals surface area contributed by atoms with E-state index >= 15 is 0 Å². The molecule has 1 atom stereocenters. The van der Waals surface area contributed by atoms with Crippen LogP contribution in [-0.2, 0) is 4.79 Å². The zero-order chi connectivity index (χ0) is 12.3. The van der Waals surface area contributed by atoms with Crippen LogP contribution in [0.2, 0.25) is 0 Å². The zero-order valence-electron chi connectivity index (χ0n) is 8.72. The summed E-state index contributed by atoms with van der Waals surface area (Å²) in [5, 5.41) is 23.4. The number of amides is 1. The van der Waals surface area contributed by atoms with E-state index in [1.807, 2.05) is 0 Å². The Bertz CT molecular complexity index is 412. The number of hydrogen-bond donors (Lipinski definition) is 3. The molecule has 1 rings (SSSR count). The molecule has 8 nitrogen and oxygen atoms in total. The molecule has 0 aromatic carbocycles. The van der Waals surface area contributed by atoms with Crippen LogP contribution < -0.4 is 5.32 Å². The van der Waals surface area contributed by atoms with E-state index in [1.54, 1.807) is 0 Å². The first-order chi connectivity index (χ1) is 7.33. The molecule has 8 heteroatoms. The Labute approximate surface area is 90.3 Å². The van der Waals surface area contributed by atoms with Crippen molar-refractivity contribution in [3.05, 3.63) is 11.7 Å². The molecule has 16 heavy (non-hydrogen) atoms. The van der Waals surface area contributed by atoms with Gasteiger partial charge in [0.15, 0.2) is 5.60 Å². The van der Waals surface area contributed by atoms with Crippen LogP contribution in [0.1, 0.15) is 23.4 Å². The summed E-state index contributed by atoms with van der Waals surface area (Å²) in [6.45, 7) is 2.13. The maximum Gasteiger partial charge on any atom is 0.337 e. The Hall–Kier alpha value is -1.96. The molecule has 1 heterocycles. The van der Waals surface area contributed by atoms with Gasteiger partial charge in [0.05, 0.1) is 6.54 Å². The molecule has 0 aliphatic heterocycles. The molecule has 0 aliphatic rings. The fourth-order valence-corrected chi connectivity index (χ4v) is 0.799. The first kappa shape index (κ1) is 12.1. The molecule has 3 N–H and O–H groups in total. The number of aromatic nitrogens is 2. The second-order valence-corrected chi connectivity index (χ2v) is 3.40. The SMILES string of the molecule is Cc1nc(C(=O)NCC(C)(O)C(=O)O)no1. The van der Waals surface area contributed by atoms with Crippen molar-refractivity contribution in [3.8, 4) is 0 Å². The smallest absolute Gasteiger partial charge is 0.337 e. The molecule has 0 fully saturated rings. The molecule has 0 aliphatic carbocycles. The van der Waals surface area contributed by atoms with Crippen LogP contribution in [0.15, 0.2) is 4.52 Å². The molecule has 0 radical (unpaired) electrons. The lowest BCUT2D eigenvalue weighted by Crippen LogP contribution is -2.46. The quantitative estimate of drug-likeness (QED) is 0.600. The number of aliphatic carboxylic acids is 1. The minimum atomic E-state index is -2.03. The van der Waals surface area contributed by atoms with Crippen molar-refractivity contribution in [1.82, 2.24) is 15.5 Å². The monoisotopic (exact) mass is 229 g/mol. The van der Waals surface area contributed by atoms with Gasteiger partial charge in [0.25, 0.3) is 11.7 Å². The van der Waals surface area contributed by atoms with E-state index in [0.29, 0.717) is 0 Å². The second kappa shape index (κ2) is 4.27. The van der Waals surface area contributed by atoms with Gasteiger partial charge in [-0.3, -0.25) is 4.79 Å². The number of nitrogens with zero attached hydrogens (tertiary/aromatic N) is 2. The van der Waals surface area contributed by atoms with Crippen LogP contribution in [0, 0.1) is 6.92 Å². The van der Waals surface area contributed by atoms with Crippen LogP contribution in [-0.4, -0.2) is 44.4 Å².